The van der Waals surface area contributed by atoms with Gasteiger partial charge in [-0.1, -0.05) is 26.0 Å². The number of amides is 1. The first kappa shape index (κ1) is 19.6. The van der Waals surface area contributed by atoms with Gasteiger partial charge in [0.2, 0.25) is 15.9 Å². The highest BCUT2D eigenvalue weighted by Gasteiger charge is 2.23. The minimum absolute atomic E-state index is 0.0525. The van der Waals surface area contributed by atoms with E-state index in [1.165, 1.54) is 24.3 Å². The van der Waals surface area contributed by atoms with Crippen molar-refractivity contribution in [2.24, 2.45) is 0 Å². The molecule has 7 heteroatoms. The summed E-state index contributed by atoms with van der Waals surface area (Å²) in [6, 6.07) is 5.60. The Morgan fingerprint density at radius 3 is 2.04 bits per heavy atom. The molecular weight excluding hydrogens is 319 g/mol. The van der Waals surface area contributed by atoms with Crippen molar-refractivity contribution in [1.29, 1.82) is 0 Å². The monoisotopic (exact) mass is 344 g/mol. The summed E-state index contributed by atoms with van der Waals surface area (Å²) in [5, 5.41) is 0. The first-order chi connectivity index (χ1) is 10.8. The van der Waals surface area contributed by atoms with E-state index < -0.39 is 10.0 Å². The van der Waals surface area contributed by atoms with Gasteiger partial charge >= 0.3 is 0 Å². The van der Waals surface area contributed by atoms with Gasteiger partial charge in [0, 0.05) is 19.6 Å². The maximum Gasteiger partial charge on any atom is 0.237 e. The normalized spacial score (nSPS) is 11.7. The van der Waals surface area contributed by atoms with Gasteiger partial charge in [-0.15, -0.1) is 0 Å². The number of sulfonamides is 1. The van der Waals surface area contributed by atoms with Crippen molar-refractivity contribution in [1.82, 2.24) is 9.21 Å². The van der Waals surface area contributed by atoms with Crippen molar-refractivity contribution < 1.29 is 17.6 Å². The standard InChI is InChI=1S/C16H25FN2O3S/c1-4-10-18(11-5-2)16(20)13-19(23(3,21)22)12-14-6-8-15(17)9-7-14/h6-9H,4-5,10-13H2,1-3H3. The molecule has 0 saturated carbocycles. The van der Waals surface area contributed by atoms with Crippen LogP contribution in [-0.4, -0.2) is 49.4 Å². The lowest BCUT2D eigenvalue weighted by Crippen LogP contribution is -2.42. The van der Waals surface area contributed by atoms with E-state index in [4.69, 9.17) is 0 Å². The van der Waals surface area contributed by atoms with Gasteiger partial charge in [-0.3, -0.25) is 4.79 Å². The topological polar surface area (TPSA) is 57.7 Å². The lowest BCUT2D eigenvalue weighted by atomic mass is 10.2. The molecule has 5 nitrogen and oxygen atoms in total. The van der Waals surface area contributed by atoms with Crippen molar-refractivity contribution in [3.05, 3.63) is 35.6 Å². The maximum absolute atomic E-state index is 13.0. The summed E-state index contributed by atoms with van der Waals surface area (Å²) in [6.07, 6.45) is 2.72. The fourth-order valence-corrected chi connectivity index (χ4v) is 2.96. The molecule has 0 heterocycles. The maximum atomic E-state index is 13.0. The number of rotatable bonds is 9. The molecule has 0 bridgehead atoms. The lowest BCUT2D eigenvalue weighted by Gasteiger charge is -2.26. The van der Waals surface area contributed by atoms with E-state index in [1.807, 2.05) is 13.8 Å². The molecule has 0 unspecified atom stereocenters. The summed E-state index contributed by atoms with van der Waals surface area (Å²) in [5.74, 6) is -0.589. The molecule has 1 amide bonds. The van der Waals surface area contributed by atoms with Crippen LogP contribution in [0, 0.1) is 5.82 Å². The molecule has 1 aromatic rings. The van der Waals surface area contributed by atoms with Gasteiger partial charge in [-0.05, 0) is 30.5 Å². The quantitative estimate of drug-likeness (QED) is 0.690. The van der Waals surface area contributed by atoms with E-state index >= 15 is 0 Å². The van der Waals surface area contributed by atoms with Crippen molar-refractivity contribution in [2.75, 3.05) is 25.9 Å². The summed E-state index contributed by atoms with van der Waals surface area (Å²) in [4.78, 5) is 14.1. The molecule has 0 spiro atoms. The second-order valence-electron chi connectivity index (χ2n) is 5.54. The van der Waals surface area contributed by atoms with Crippen LogP contribution in [0.3, 0.4) is 0 Å². The van der Waals surface area contributed by atoms with Gasteiger partial charge in [0.05, 0.1) is 12.8 Å². The zero-order valence-electron chi connectivity index (χ0n) is 14.0. The van der Waals surface area contributed by atoms with E-state index in [-0.39, 0.29) is 24.8 Å². The number of hydrogen-bond acceptors (Lipinski definition) is 3. The highest BCUT2D eigenvalue weighted by atomic mass is 32.2. The molecule has 0 atom stereocenters. The Morgan fingerprint density at radius 2 is 1.61 bits per heavy atom. The lowest BCUT2D eigenvalue weighted by molar-refractivity contribution is -0.131. The molecule has 23 heavy (non-hydrogen) atoms. The smallest absolute Gasteiger partial charge is 0.237 e. The van der Waals surface area contributed by atoms with E-state index in [0.29, 0.717) is 18.7 Å². The Kier molecular flexibility index (Phi) is 7.64. The van der Waals surface area contributed by atoms with Gasteiger partial charge in [-0.25, -0.2) is 12.8 Å². The molecule has 0 N–H and O–H groups in total. The molecule has 0 aromatic heterocycles. The van der Waals surface area contributed by atoms with Crippen molar-refractivity contribution in [3.63, 3.8) is 0 Å². The minimum Gasteiger partial charge on any atom is -0.342 e. The SMILES string of the molecule is CCCN(CCC)C(=O)CN(Cc1ccc(F)cc1)S(C)(=O)=O. The molecular formula is C16H25FN2O3S. The third-order valence-corrected chi connectivity index (χ3v) is 4.59. The Bertz CT molecular complexity index is 596. The van der Waals surface area contributed by atoms with Crippen molar-refractivity contribution in [2.45, 2.75) is 33.2 Å². The van der Waals surface area contributed by atoms with E-state index in [0.717, 1.165) is 23.4 Å². The average molecular weight is 344 g/mol. The minimum atomic E-state index is -3.54. The van der Waals surface area contributed by atoms with Crippen LogP contribution in [0.5, 0.6) is 0 Å². The average Bonchev–Trinajstić information content (AvgIpc) is 2.47. The van der Waals surface area contributed by atoms with E-state index in [9.17, 15) is 17.6 Å². The molecule has 0 fully saturated rings. The second kappa shape index (κ2) is 8.98. The number of nitrogens with zero attached hydrogens (tertiary/aromatic N) is 2. The summed E-state index contributed by atoms with van der Waals surface area (Å²) >= 11 is 0. The Labute approximate surface area is 138 Å². The van der Waals surface area contributed by atoms with Gasteiger partial charge in [0.25, 0.3) is 0 Å². The Hall–Kier alpha value is -1.47. The van der Waals surface area contributed by atoms with Gasteiger partial charge in [0.1, 0.15) is 5.82 Å². The number of carbonyl (C=O) groups is 1. The van der Waals surface area contributed by atoms with Crippen LogP contribution >= 0.6 is 0 Å². The first-order valence-electron chi connectivity index (χ1n) is 7.75. The number of halogens is 1. The number of benzene rings is 1. The molecule has 0 radical (unpaired) electrons. The molecule has 0 saturated heterocycles. The zero-order chi connectivity index (χ0) is 17.5. The van der Waals surface area contributed by atoms with Crippen molar-refractivity contribution in [3.8, 4) is 0 Å². The fraction of sp³-hybridized carbons (Fsp3) is 0.562. The van der Waals surface area contributed by atoms with Crippen LogP contribution in [-0.2, 0) is 21.4 Å². The van der Waals surface area contributed by atoms with Crippen LogP contribution in [0.2, 0.25) is 0 Å². The molecule has 130 valence electrons. The zero-order valence-corrected chi connectivity index (χ0v) is 14.8. The Morgan fingerprint density at radius 1 is 1.09 bits per heavy atom. The molecule has 1 rings (SSSR count). The van der Waals surface area contributed by atoms with Gasteiger partial charge < -0.3 is 4.90 Å². The van der Waals surface area contributed by atoms with Crippen molar-refractivity contribution >= 4 is 15.9 Å². The third-order valence-electron chi connectivity index (χ3n) is 3.39. The summed E-state index contributed by atoms with van der Waals surface area (Å²) in [7, 11) is -3.54. The predicted molar refractivity (Wildman–Crippen MR) is 88.8 cm³/mol. The second-order valence-corrected chi connectivity index (χ2v) is 7.52. The summed E-state index contributed by atoms with van der Waals surface area (Å²) < 4.78 is 38.0. The first-order valence-corrected chi connectivity index (χ1v) is 9.60. The van der Waals surface area contributed by atoms with Gasteiger partial charge in [0.15, 0.2) is 0 Å². The van der Waals surface area contributed by atoms with Crippen LogP contribution < -0.4 is 0 Å². The summed E-state index contributed by atoms with van der Waals surface area (Å²) in [6.45, 7) is 5.03. The van der Waals surface area contributed by atoms with E-state index in [2.05, 4.69) is 0 Å². The van der Waals surface area contributed by atoms with Crippen LogP contribution in [0.15, 0.2) is 24.3 Å². The number of carbonyl (C=O) groups excluding carboxylic acids is 1. The van der Waals surface area contributed by atoms with Crippen LogP contribution in [0.25, 0.3) is 0 Å². The molecule has 1 aromatic carbocycles. The van der Waals surface area contributed by atoms with E-state index in [1.54, 1.807) is 4.90 Å². The molecule has 0 aliphatic rings. The highest BCUT2D eigenvalue weighted by molar-refractivity contribution is 7.88. The largest absolute Gasteiger partial charge is 0.342 e. The third kappa shape index (κ3) is 6.66. The Balaban J connectivity index is 2.86. The van der Waals surface area contributed by atoms with Crippen LogP contribution in [0.1, 0.15) is 32.3 Å². The molecule has 0 aliphatic heterocycles. The predicted octanol–water partition coefficient (Wildman–Crippen LogP) is 2.24. The molecule has 0 aliphatic carbocycles. The van der Waals surface area contributed by atoms with Gasteiger partial charge in [-0.2, -0.15) is 4.31 Å². The number of hydrogen-bond donors (Lipinski definition) is 0. The van der Waals surface area contributed by atoms with Crippen LogP contribution in [0.4, 0.5) is 4.39 Å². The summed E-state index contributed by atoms with van der Waals surface area (Å²) in [5.41, 5.74) is 0.641. The highest BCUT2D eigenvalue weighted by Crippen LogP contribution is 2.10. The fourth-order valence-electron chi connectivity index (χ4n) is 2.24.